The number of rotatable bonds is 1. The number of halogens is 3. The lowest BCUT2D eigenvalue weighted by Crippen LogP contribution is -2.47. The first-order valence-electron chi connectivity index (χ1n) is 9.38. The molecule has 170 valence electrons. The van der Waals surface area contributed by atoms with E-state index in [0.29, 0.717) is 43.0 Å². The molecule has 9 nitrogen and oxygen atoms in total. The molecule has 0 saturated carbocycles. The Morgan fingerprint density at radius 2 is 1.84 bits per heavy atom. The van der Waals surface area contributed by atoms with E-state index in [4.69, 9.17) is 19.1 Å². The van der Waals surface area contributed by atoms with E-state index >= 15 is 0 Å². The summed E-state index contributed by atoms with van der Waals surface area (Å²) in [5, 5.41) is 10.3. The number of carbonyl (C=O) groups excluding carboxylic acids is 1. The first-order chi connectivity index (χ1) is 15.1. The molecular weight excluding hydrogens is 435 g/mol. The zero-order chi connectivity index (χ0) is 23.5. The summed E-state index contributed by atoms with van der Waals surface area (Å²) in [6, 6.07) is 8.53. The zero-order valence-corrected chi connectivity index (χ0v) is 16.7. The van der Waals surface area contributed by atoms with E-state index in [1.807, 2.05) is 25.1 Å². The van der Waals surface area contributed by atoms with Crippen molar-refractivity contribution in [2.45, 2.75) is 13.1 Å². The number of aliphatic carboxylic acids is 1. The van der Waals surface area contributed by atoms with Crippen LogP contribution in [0.15, 0.2) is 39.5 Å². The lowest BCUT2D eigenvalue weighted by molar-refractivity contribution is -0.192. The van der Waals surface area contributed by atoms with Gasteiger partial charge in [-0.05, 0) is 30.7 Å². The van der Waals surface area contributed by atoms with Crippen LogP contribution in [0.4, 0.5) is 18.0 Å². The maximum atomic E-state index is 12.4. The van der Waals surface area contributed by atoms with Crippen molar-refractivity contribution >= 4 is 23.2 Å². The second-order valence-electron chi connectivity index (χ2n) is 6.79. The van der Waals surface area contributed by atoms with Crippen LogP contribution in [0.5, 0.6) is 5.75 Å². The highest BCUT2D eigenvalue weighted by Gasteiger charge is 2.38. The number of carbonyl (C=O) groups is 2. The molecule has 1 amide bonds. The van der Waals surface area contributed by atoms with Gasteiger partial charge in [-0.3, -0.25) is 4.79 Å². The van der Waals surface area contributed by atoms with Crippen molar-refractivity contribution in [3.05, 3.63) is 46.1 Å². The third-order valence-corrected chi connectivity index (χ3v) is 4.50. The normalized spacial score (nSPS) is 14.1. The summed E-state index contributed by atoms with van der Waals surface area (Å²) in [6.07, 6.45) is -5.63. The molecule has 4 rings (SSSR count). The number of benzene rings is 2. The molecular formula is C20H18F3N3O6. The fraction of sp³-hybridized carbons (Fsp3) is 0.300. The third-order valence-electron chi connectivity index (χ3n) is 4.50. The quantitative estimate of drug-likeness (QED) is 0.540. The monoisotopic (exact) mass is 453 g/mol. The first kappa shape index (κ1) is 23.0. The van der Waals surface area contributed by atoms with Gasteiger partial charge in [0.1, 0.15) is 11.2 Å². The average Bonchev–Trinajstić information content (AvgIpc) is 2.75. The van der Waals surface area contributed by atoms with Crippen LogP contribution in [0.3, 0.4) is 0 Å². The van der Waals surface area contributed by atoms with E-state index in [9.17, 15) is 22.8 Å². The molecule has 0 unspecified atom stereocenters. The summed E-state index contributed by atoms with van der Waals surface area (Å²) in [4.78, 5) is 39.6. The summed E-state index contributed by atoms with van der Waals surface area (Å²) >= 11 is 0. The molecule has 1 fully saturated rings. The molecule has 0 radical (unpaired) electrons. The van der Waals surface area contributed by atoms with Gasteiger partial charge in [0, 0.05) is 26.2 Å². The van der Waals surface area contributed by atoms with Crippen molar-refractivity contribution in [3.63, 3.8) is 0 Å². The van der Waals surface area contributed by atoms with E-state index in [2.05, 4.69) is 10.3 Å². The van der Waals surface area contributed by atoms with Gasteiger partial charge in [-0.15, -0.1) is 0 Å². The van der Waals surface area contributed by atoms with Gasteiger partial charge in [0.05, 0.1) is 0 Å². The minimum absolute atomic E-state index is 0.112. The molecule has 1 aromatic rings. The van der Waals surface area contributed by atoms with Crippen LogP contribution < -0.4 is 15.5 Å². The number of nitrogens with one attached hydrogen (secondary N) is 1. The van der Waals surface area contributed by atoms with Gasteiger partial charge in [0.15, 0.2) is 11.3 Å². The Morgan fingerprint density at radius 1 is 1.19 bits per heavy atom. The van der Waals surface area contributed by atoms with E-state index in [1.165, 1.54) is 6.07 Å². The van der Waals surface area contributed by atoms with Gasteiger partial charge in [0.2, 0.25) is 11.2 Å². The fourth-order valence-corrected chi connectivity index (χ4v) is 2.91. The van der Waals surface area contributed by atoms with Gasteiger partial charge >= 0.3 is 18.2 Å². The molecule has 32 heavy (non-hydrogen) atoms. The molecule has 1 aromatic carbocycles. The molecule has 2 N–H and O–H groups in total. The smallest absolute Gasteiger partial charge is 0.475 e. The molecule has 0 spiro atoms. The number of carboxylic acid groups (broad SMARTS) is 1. The Bertz CT molecular complexity index is 1170. The molecule has 1 saturated heterocycles. The largest absolute Gasteiger partial charge is 0.490 e. The minimum atomic E-state index is -5.08. The van der Waals surface area contributed by atoms with Crippen LogP contribution in [0, 0.1) is 6.92 Å². The van der Waals surface area contributed by atoms with Crippen LogP contribution >= 0.6 is 0 Å². The average molecular weight is 453 g/mol. The van der Waals surface area contributed by atoms with Crippen LogP contribution in [-0.4, -0.2) is 59.4 Å². The van der Waals surface area contributed by atoms with E-state index in [-0.39, 0.29) is 11.5 Å². The van der Waals surface area contributed by atoms with Crippen LogP contribution in [-0.2, 0) is 4.79 Å². The molecule has 1 aliphatic carbocycles. The fourth-order valence-electron chi connectivity index (χ4n) is 2.91. The number of aromatic nitrogens is 1. The van der Waals surface area contributed by atoms with Crippen molar-refractivity contribution in [2.24, 2.45) is 0 Å². The van der Waals surface area contributed by atoms with Gasteiger partial charge in [-0.25, -0.2) is 14.6 Å². The Kier molecular flexibility index (Phi) is 6.63. The number of aryl methyl sites for hydroxylation is 1. The van der Waals surface area contributed by atoms with Crippen molar-refractivity contribution in [1.82, 2.24) is 15.2 Å². The SMILES string of the molecule is Cc1cccc2nc3ccc(=O)c(OC(=O)N4CCNCC4)c-3oc12.O=C(O)C(F)(F)F. The van der Waals surface area contributed by atoms with Gasteiger partial charge in [-0.1, -0.05) is 12.1 Å². The Balaban J connectivity index is 0.000000360. The van der Waals surface area contributed by atoms with Crippen molar-refractivity contribution in [1.29, 1.82) is 0 Å². The molecule has 12 heteroatoms. The standard InChI is InChI=1S/C18H17N3O4.C2HF3O2/c1-11-3-2-4-12-15(11)24-16-13(20-12)5-6-14(22)17(16)25-18(23)21-9-7-19-8-10-21;3-2(4,5)1(6)7/h2-6,19H,7-10H2,1H3;(H,6,7). The first-order valence-corrected chi connectivity index (χ1v) is 9.38. The predicted octanol–water partition coefficient (Wildman–Crippen LogP) is 2.64. The highest BCUT2D eigenvalue weighted by molar-refractivity contribution is 5.81. The van der Waals surface area contributed by atoms with Crippen LogP contribution in [0.25, 0.3) is 22.6 Å². The Labute approximate surface area is 178 Å². The summed E-state index contributed by atoms with van der Waals surface area (Å²) < 4.78 is 43.0. The van der Waals surface area contributed by atoms with Gasteiger partial charge < -0.3 is 24.5 Å². The Hall–Kier alpha value is -3.67. The Morgan fingerprint density at radius 3 is 2.47 bits per heavy atom. The highest BCUT2D eigenvalue weighted by Crippen LogP contribution is 2.32. The second-order valence-corrected chi connectivity index (χ2v) is 6.79. The minimum Gasteiger partial charge on any atom is -0.475 e. The van der Waals surface area contributed by atoms with Crippen LogP contribution in [0.2, 0.25) is 0 Å². The topological polar surface area (TPSA) is 122 Å². The zero-order valence-electron chi connectivity index (χ0n) is 16.7. The number of nitrogens with zero attached hydrogens (tertiary/aromatic N) is 2. The number of para-hydroxylation sites is 1. The second kappa shape index (κ2) is 9.22. The summed E-state index contributed by atoms with van der Waals surface area (Å²) in [5.74, 6) is -2.68. The number of hydrogen-bond donors (Lipinski definition) is 2. The van der Waals surface area contributed by atoms with Gasteiger partial charge in [0.25, 0.3) is 0 Å². The molecule has 2 aliphatic heterocycles. The number of hydrogen-bond acceptors (Lipinski definition) is 7. The van der Waals surface area contributed by atoms with E-state index in [1.54, 1.807) is 11.0 Å². The molecule has 0 bridgehead atoms. The molecule has 0 atom stereocenters. The number of alkyl halides is 3. The molecule has 0 aromatic heterocycles. The number of amides is 1. The van der Waals surface area contributed by atoms with Crippen LogP contribution in [0.1, 0.15) is 5.56 Å². The maximum Gasteiger partial charge on any atom is 0.490 e. The maximum absolute atomic E-state index is 12.4. The summed E-state index contributed by atoms with van der Waals surface area (Å²) in [7, 11) is 0. The van der Waals surface area contributed by atoms with Crippen molar-refractivity contribution in [2.75, 3.05) is 26.2 Å². The molecule has 2 heterocycles. The molecule has 3 aliphatic rings. The number of carboxylic acids is 1. The summed E-state index contributed by atoms with van der Waals surface area (Å²) in [6.45, 7) is 4.37. The van der Waals surface area contributed by atoms with Crippen molar-refractivity contribution in [3.8, 4) is 17.2 Å². The number of ether oxygens (including phenoxy) is 1. The van der Waals surface area contributed by atoms with Crippen molar-refractivity contribution < 1.29 is 37.0 Å². The van der Waals surface area contributed by atoms with E-state index < -0.39 is 23.7 Å². The number of piperazine rings is 1. The van der Waals surface area contributed by atoms with E-state index in [0.717, 1.165) is 5.56 Å². The predicted molar refractivity (Wildman–Crippen MR) is 106 cm³/mol. The lowest BCUT2D eigenvalue weighted by atomic mass is 10.1. The number of fused-ring (bicyclic) bond motifs is 2. The van der Waals surface area contributed by atoms with Gasteiger partial charge in [-0.2, -0.15) is 13.2 Å². The highest BCUT2D eigenvalue weighted by atomic mass is 19.4. The summed E-state index contributed by atoms with van der Waals surface area (Å²) in [5.41, 5.74) is 2.21. The third kappa shape index (κ3) is 5.14. The lowest BCUT2D eigenvalue weighted by Gasteiger charge is -2.26.